The number of benzene rings is 3. The number of methoxy groups -OCH3 is 2. The summed E-state index contributed by atoms with van der Waals surface area (Å²) in [6, 6.07) is 12.9. The molecule has 33 heavy (non-hydrogen) atoms. The number of phenolic OH excluding ortho intramolecular Hbond substituents is 3. The Morgan fingerprint density at radius 1 is 0.788 bits per heavy atom. The largest absolute Gasteiger partial charge is 0.508 e. The second-order valence-corrected chi connectivity index (χ2v) is 7.47. The lowest BCUT2D eigenvalue weighted by Gasteiger charge is -2.33. The minimum absolute atomic E-state index is 0.0329. The molecule has 4 N–H and O–H groups in total. The summed E-state index contributed by atoms with van der Waals surface area (Å²) in [5.74, 6) is 1.17. The molecule has 0 saturated carbocycles. The average Bonchev–Trinajstić information content (AvgIpc) is 2.81. The summed E-state index contributed by atoms with van der Waals surface area (Å²) in [5, 5.41) is 39.4. The molecule has 0 aromatic heterocycles. The highest BCUT2D eigenvalue weighted by molar-refractivity contribution is 5.72. The first kappa shape index (κ1) is 22.2. The Balaban J connectivity index is 1.65. The van der Waals surface area contributed by atoms with Crippen LogP contribution in [0.15, 0.2) is 48.5 Å². The van der Waals surface area contributed by atoms with Gasteiger partial charge >= 0.3 is 0 Å². The van der Waals surface area contributed by atoms with E-state index < -0.39 is 12.2 Å². The molecule has 0 spiro atoms. The number of fused-ring (bicyclic) bond motifs is 1. The van der Waals surface area contributed by atoms with Crippen molar-refractivity contribution in [1.29, 1.82) is 0 Å². The van der Waals surface area contributed by atoms with Crippen LogP contribution < -0.4 is 18.9 Å². The standard InChI is InChI=1S/C25H24O8/c1-30-21-10-16(11-22(31-2)24(21)29)25-23(13-26)32-19-6-5-14(9-20(19)33-25)3-4-15-7-17(27)12-18(28)8-15/h3-12,23,25-29H,13H2,1-2H3/b4-3+/t23-,25+/m1/s1. The topological polar surface area (TPSA) is 118 Å². The van der Waals surface area contributed by atoms with E-state index in [9.17, 15) is 20.4 Å². The summed E-state index contributed by atoms with van der Waals surface area (Å²) in [7, 11) is 2.86. The number of rotatable bonds is 6. The van der Waals surface area contributed by atoms with E-state index in [0.29, 0.717) is 22.6 Å². The third-order valence-electron chi connectivity index (χ3n) is 5.24. The first-order chi connectivity index (χ1) is 15.9. The normalized spacial score (nSPS) is 17.2. The predicted octanol–water partition coefficient (Wildman–Crippen LogP) is 3.86. The van der Waals surface area contributed by atoms with Gasteiger partial charge in [-0.15, -0.1) is 0 Å². The molecule has 172 valence electrons. The summed E-state index contributed by atoms with van der Waals surface area (Å²) in [6.45, 7) is -0.293. The van der Waals surface area contributed by atoms with Gasteiger partial charge in [0.05, 0.1) is 20.8 Å². The van der Waals surface area contributed by atoms with Crippen LogP contribution in [-0.4, -0.2) is 47.4 Å². The molecule has 0 fully saturated rings. The van der Waals surface area contributed by atoms with E-state index in [1.807, 2.05) is 6.07 Å². The fourth-order valence-electron chi connectivity index (χ4n) is 3.66. The van der Waals surface area contributed by atoms with Gasteiger partial charge in [0.2, 0.25) is 5.75 Å². The van der Waals surface area contributed by atoms with Crippen LogP contribution in [-0.2, 0) is 0 Å². The van der Waals surface area contributed by atoms with Crippen LogP contribution in [0.4, 0.5) is 0 Å². The Morgan fingerprint density at radius 2 is 1.42 bits per heavy atom. The van der Waals surface area contributed by atoms with Crippen LogP contribution in [0.3, 0.4) is 0 Å². The van der Waals surface area contributed by atoms with Crippen LogP contribution in [0.1, 0.15) is 22.8 Å². The summed E-state index contributed by atoms with van der Waals surface area (Å²) >= 11 is 0. The van der Waals surface area contributed by atoms with Crippen molar-refractivity contribution in [3.05, 3.63) is 65.2 Å². The lowest BCUT2D eigenvalue weighted by molar-refractivity contribution is -0.0124. The zero-order chi connectivity index (χ0) is 23.5. The molecule has 0 amide bonds. The Kier molecular flexibility index (Phi) is 6.19. The average molecular weight is 452 g/mol. The van der Waals surface area contributed by atoms with Gasteiger partial charge in [-0.25, -0.2) is 0 Å². The Morgan fingerprint density at radius 3 is 2.03 bits per heavy atom. The number of aliphatic hydroxyl groups is 1. The van der Waals surface area contributed by atoms with Crippen molar-refractivity contribution in [2.45, 2.75) is 12.2 Å². The Labute approximate surface area is 190 Å². The molecule has 1 aliphatic rings. The fraction of sp³-hybridized carbons (Fsp3) is 0.200. The van der Waals surface area contributed by atoms with Crippen molar-refractivity contribution in [3.63, 3.8) is 0 Å². The zero-order valence-electron chi connectivity index (χ0n) is 18.1. The quantitative estimate of drug-likeness (QED) is 0.417. The first-order valence-corrected chi connectivity index (χ1v) is 10.2. The maximum Gasteiger partial charge on any atom is 0.200 e. The highest BCUT2D eigenvalue weighted by atomic mass is 16.6. The minimum Gasteiger partial charge on any atom is -0.508 e. The molecule has 3 aromatic carbocycles. The van der Waals surface area contributed by atoms with Gasteiger partial charge in [-0.05, 0) is 47.5 Å². The van der Waals surface area contributed by atoms with Gasteiger partial charge in [-0.2, -0.15) is 0 Å². The third kappa shape index (κ3) is 4.61. The Bertz CT molecular complexity index is 1140. The third-order valence-corrected chi connectivity index (χ3v) is 5.24. The second-order valence-electron chi connectivity index (χ2n) is 7.47. The van der Waals surface area contributed by atoms with E-state index in [0.717, 1.165) is 5.56 Å². The van der Waals surface area contributed by atoms with Gasteiger partial charge in [0.1, 0.15) is 11.5 Å². The SMILES string of the molecule is COc1cc([C@@H]2Oc3cc(/C=C/c4cc(O)cc(O)c4)ccc3O[C@@H]2CO)cc(OC)c1O. The van der Waals surface area contributed by atoms with Crippen molar-refractivity contribution in [2.75, 3.05) is 20.8 Å². The second kappa shape index (κ2) is 9.22. The van der Waals surface area contributed by atoms with Gasteiger partial charge in [-0.1, -0.05) is 18.2 Å². The van der Waals surface area contributed by atoms with Crippen LogP contribution in [0, 0.1) is 0 Å². The highest BCUT2D eigenvalue weighted by Crippen LogP contribution is 2.44. The Hall–Kier alpha value is -4.04. The van der Waals surface area contributed by atoms with Crippen molar-refractivity contribution in [3.8, 4) is 40.2 Å². The number of aromatic hydroxyl groups is 3. The molecule has 2 atom stereocenters. The number of aliphatic hydroxyl groups excluding tert-OH is 1. The smallest absolute Gasteiger partial charge is 0.200 e. The number of hydrogen-bond donors (Lipinski definition) is 4. The maximum absolute atomic E-state index is 10.2. The van der Waals surface area contributed by atoms with Crippen LogP contribution in [0.5, 0.6) is 40.2 Å². The molecule has 0 unspecified atom stereocenters. The molecule has 4 rings (SSSR count). The van der Waals surface area contributed by atoms with Crippen molar-refractivity contribution in [1.82, 2.24) is 0 Å². The van der Waals surface area contributed by atoms with Gasteiger partial charge in [0, 0.05) is 11.6 Å². The van der Waals surface area contributed by atoms with E-state index in [4.69, 9.17) is 18.9 Å². The van der Waals surface area contributed by atoms with E-state index >= 15 is 0 Å². The van der Waals surface area contributed by atoms with Crippen molar-refractivity contribution in [2.24, 2.45) is 0 Å². The predicted molar refractivity (Wildman–Crippen MR) is 121 cm³/mol. The summed E-state index contributed by atoms with van der Waals surface area (Å²) in [6.07, 6.45) is 2.17. The molecular formula is C25H24O8. The molecule has 0 saturated heterocycles. The monoisotopic (exact) mass is 452 g/mol. The lowest BCUT2D eigenvalue weighted by atomic mass is 10.0. The molecule has 3 aromatic rings. The molecule has 8 heteroatoms. The van der Waals surface area contributed by atoms with Gasteiger partial charge in [-0.3, -0.25) is 0 Å². The highest BCUT2D eigenvalue weighted by Gasteiger charge is 2.34. The molecule has 0 radical (unpaired) electrons. The number of ether oxygens (including phenoxy) is 4. The van der Waals surface area contributed by atoms with E-state index in [-0.39, 0.29) is 35.4 Å². The van der Waals surface area contributed by atoms with E-state index in [1.54, 1.807) is 36.4 Å². The molecule has 1 aliphatic heterocycles. The number of hydrogen-bond acceptors (Lipinski definition) is 8. The lowest BCUT2D eigenvalue weighted by Crippen LogP contribution is -2.36. The summed E-state index contributed by atoms with van der Waals surface area (Å²) in [5.41, 5.74) is 2.02. The van der Waals surface area contributed by atoms with E-state index in [1.165, 1.54) is 32.4 Å². The molecule has 8 nitrogen and oxygen atoms in total. The molecule has 0 bridgehead atoms. The van der Waals surface area contributed by atoms with Crippen molar-refractivity contribution < 1.29 is 39.4 Å². The molecular weight excluding hydrogens is 428 g/mol. The summed E-state index contributed by atoms with van der Waals surface area (Å²) < 4.78 is 22.6. The van der Waals surface area contributed by atoms with Crippen LogP contribution in [0.2, 0.25) is 0 Å². The van der Waals surface area contributed by atoms with E-state index in [2.05, 4.69) is 0 Å². The van der Waals surface area contributed by atoms with Crippen molar-refractivity contribution >= 4 is 12.2 Å². The van der Waals surface area contributed by atoms with Gasteiger partial charge < -0.3 is 39.4 Å². The zero-order valence-corrected chi connectivity index (χ0v) is 18.1. The minimum atomic E-state index is -0.687. The van der Waals surface area contributed by atoms with Crippen LogP contribution >= 0.6 is 0 Å². The van der Waals surface area contributed by atoms with Crippen LogP contribution in [0.25, 0.3) is 12.2 Å². The molecule has 1 heterocycles. The molecule has 0 aliphatic carbocycles. The summed E-state index contributed by atoms with van der Waals surface area (Å²) in [4.78, 5) is 0. The fourth-order valence-corrected chi connectivity index (χ4v) is 3.66. The first-order valence-electron chi connectivity index (χ1n) is 10.2. The van der Waals surface area contributed by atoms with Gasteiger partial charge in [0.15, 0.2) is 35.2 Å². The van der Waals surface area contributed by atoms with Gasteiger partial charge in [0.25, 0.3) is 0 Å². The maximum atomic E-state index is 10.2. The number of phenols is 3.